The standard InChI is InChI=1S/C15H19N3O/c1-2-7-13-12(6-1)15-14(10-16-11-4-3-5-11)19-9-8-18(15)17-13/h1-2,6-7,11,14,16H,3-5,8-10H2. The molecule has 2 heterocycles. The molecule has 1 saturated carbocycles. The maximum Gasteiger partial charge on any atom is 0.112 e. The fraction of sp³-hybridized carbons (Fsp3) is 0.533. The van der Waals surface area contributed by atoms with E-state index in [1.165, 1.54) is 30.3 Å². The van der Waals surface area contributed by atoms with Crippen molar-refractivity contribution in [2.45, 2.75) is 38.0 Å². The molecule has 1 atom stereocenters. The maximum absolute atomic E-state index is 5.97. The Kier molecular flexibility index (Phi) is 2.78. The Morgan fingerprint density at radius 2 is 2.21 bits per heavy atom. The Morgan fingerprint density at radius 3 is 3.05 bits per heavy atom. The lowest BCUT2D eigenvalue weighted by Gasteiger charge is -2.31. The van der Waals surface area contributed by atoms with Crippen LogP contribution in [0.3, 0.4) is 0 Å². The van der Waals surface area contributed by atoms with Crippen molar-refractivity contribution >= 4 is 10.9 Å². The van der Waals surface area contributed by atoms with Gasteiger partial charge in [0.05, 0.1) is 24.4 Å². The number of hydrogen-bond donors (Lipinski definition) is 1. The number of hydrogen-bond acceptors (Lipinski definition) is 3. The molecule has 1 fully saturated rings. The highest BCUT2D eigenvalue weighted by Crippen LogP contribution is 2.30. The molecule has 1 aliphatic carbocycles. The third kappa shape index (κ3) is 1.95. The van der Waals surface area contributed by atoms with Crippen LogP contribution >= 0.6 is 0 Å². The van der Waals surface area contributed by atoms with Crippen LogP contribution in [0.2, 0.25) is 0 Å². The lowest BCUT2D eigenvalue weighted by molar-refractivity contribution is 0.0152. The summed E-state index contributed by atoms with van der Waals surface area (Å²) in [7, 11) is 0. The van der Waals surface area contributed by atoms with Gasteiger partial charge in [0.15, 0.2) is 0 Å². The zero-order valence-electron chi connectivity index (χ0n) is 11.0. The summed E-state index contributed by atoms with van der Waals surface area (Å²) in [5.74, 6) is 0. The molecule has 2 aliphatic rings. The van der Waals surface area contributed by atoms with Gasteiger partial charge in [-0.3, -0.25) is 4.68 Å². The first-order valence-electron chi connectivity index (χ1n) is 7.22. The van der Waals surface area contributed by atoms with Gasteiger partial charge >= 0.3 is 0 Å². The highest BCUT2D eigenvalue weighted by molar-refractivity contribution is 5.82. The first-order chi connectivity index (χ1) is 9.42. The van der Waals surface area contributed by atoms with Gasteiger partial charge in [-0.2, -0.15) is 5.10 Å². The molecule has 0 bridgehead atoms. The molecule has 0 radical (unpaired) electrons. The first-order valence-corrected chi connectivity index (χ1v) is 7.22. The molecule has 1 N–H and O–H groups in total. The Bertz CT molecular complexity index is 588. The third-order valence-corrected chi connectivity index (χ3v) is 4.31. The fourth-order valence-corrected chi connectivity index (χ4v) is 3.01. The smallest absolute Gasteiger partial charge is 0.112 e. The van der Waals surface area contributed by atoms with Gasteiger partial charge < -0.3 is 10.1 Å². The van der Waals surface area contributed by atoms with Crippen LogP contribution in [-0.4, -0.2) is 29.0 Å². The van der Waals surface area contributed by atoms with Gasteiger partial charge in [-0.05, 0) is 18.9 Å². The molecule has 2 aromatic rings. The molecule has 1 aliphatic heterocycles. The molecule has 19 heavy (non-hydrogen) atoms. The molecule has 0 spiro atoms. The molecular formula is C15H19N3O. The van der Waals surface area contributed by atoms with Crippen LogP contribution in [0.4, 0.5) is 0 Å². The SMILES string of the molecule is c1ccc2c3n(nc2c1)CCOC3CNC1CCC1. The summed E-state index contributed by atoms with van der Waals surface area (Å²) < 4.78 is 8.09. The van der Waals surface area contributed by atoms with Crippen LogP contribution in [0.15, 0.2) is 24.3 Å². The number of nitrogens with one attached hydrogen (secondary N) is 1. The van der Waals surface area contributed by atoms with Gasteiger partial charge in [0.25, 0.3) is 0 Å². The predicted molar refractivity (Wildman–Crippen MR) is 74.1 cm³/mol. The minimum Gasteiger partial charge on any atom is -0.369 e. The number of ether oxygens (including phenoxy) is 1. The normalized spacial score (nSPS) is 23.3. The molecule has 1 unspecified atom stereocenters. The van der Waals surface area contributed by atoms with E-state index in [1.807, 2.05) is 6.07 Å². The van der Waals surface area contributed by atoms with Crippen LogP contribution in [0.5, 0.6) is 0 Å². The molecule has 0 amide bonds. The third-order valence-electron chi connectivity index (χ3n) is 4.31. The van der Waals surface area contributed by atoms with Gasteiger partial charge in [0.2, 0.25) is 0 Å². The minimum atomic E-state index is 0.141. The van der Waals surface area contributed by atoms with E-state index in [9.17, 15) is 0 Å². The molecule has 100 valence electrons. The summed E-state index contributed by atoms with van der Waals surface area (Å²) in [4.78, 5) is 0. The molecule has 1 aromatic heterocycles. The topological polar surface area (TPSA) is 39.1 Å². The largest absolute Gasteiger partial charge is 0.369 e. The summed E-state index contributed by atoms with van der Waals surface area (Å²) in [6.07, 6.45) is 4.13. The zero-order chi connectivity index (χ0) is 12.7. The highest BCUT2D eigenvalue weighted by Gasteiger charge is 2.26. The van der Waals surface area contributed by atoms with Gasteiger partial charge in [-0.15, -0.1) is 0 Å². The molecule has 1 aromatic carbocycles. The Hall–Kier alpha value is -1.39. The fourth-order valence-electron chi connectivity index (χ4n) is 3.01. The second-order valence-electron chi connectivity index (χ2n) is 5.52. The van der Waals surface area contributed by atoms with Crippen LogP contribution in [0.25, 0.3) is 10.9 Å². The average molecular weight is 257 g/mol. The van der Waals surface area contributed by atoms with Crippen molar-refractivity contribution in [1.82, 2.24) is 15.1 Å². The van der Waals surface area contributed by atoms with E-state index < -0.39 is 0 Å². The van der Waals surface area contributed by atoms with Crippen molar-refractivity contribution in [1.29, 1.82) is 0 Å². The van der Waals surface area contributed by atoms with Crippen molar-refractivity contribution in [3.63, 3.8) is 0 Å². The van der Waals surface area contributed by atoms with E-state index in [-0.39, 0.29) is 6.10 Å². The van der Waals surface area contributed by atoms with Crippen LogP contribution in [0.1, 0.15) is 31.1 Å². The van der Waals surface area contributed by atoms with Gasteiger partial charge in [-0.1, -0.05) is 24.6 Å². The average Bonchev–Trinajstić information content (AvgIpc) is 2.76. The number of benzene rings is 1. The molecule has 4 nitrogen and oxygen atoms in total. The lowest BCUT2D eigenvalue weighted by Crippen LogP contribution is -2.39. The predicted octanol–water partition coefficient (Wildman–Crippen LogP) is 2.25. The minimum absolute atomic E-state index is 0.141. The molecular weight excluding hydrogens is 238 g/mol. The lowest BCUT2D eigenvalue weighted by atomic mass is 9.93. The van der Waals surface area contributed by atoms with E-state index in [0.29, 0.717) is 6.04 Å². The summed E-state index contributed by atoms with van der Waals surface area (Å²) >= 11 is 0. The molecule has 4 rings (SSSR count). The Morgan fingerprint density at radius 1 is 1.32 bits per heavy atom. The van der Waals surface area contributed by atoms with E-state index in [4.69, 9.17) is 4.74 Å². The van der Waals surface area contributed by atoms with E-state index >= 15 is 0 Å². The summed E-state index contributed by atoms with van der Waals surface area (Å²) in [5, 5.41) is 9.53. The van der Waals surface area contributed by atoms with Gasteiger partial charge in [0.1, 0.15) is 6.10 Å². The molecule has 0 saturated heterocycles. The number of nitrogens with zero attached hydrogens (tertiary/aromatic N) is 2. The van der Waals surface area contributed by atoms with Gasteiger partial charge in [0, 0.05) is 18.0 Å². The summed E-state index contributed by atoms with van der Waals surface area (Å²) in [6.45, 7) is 2.53. The maximum atomic E-state index is 5.97. The van der Waals surface area contributed by atoms with Crippen molar-refractivity contribution < 1.29 is 4.74 Å². The van der Waals surface area contributed by atoms with Crippen molar-refractivity contribution in [3.05, 3.63) is 30.0 Å². The molecule has 4 heteroatoms. The van der Waals surface area contributed by atoms with E-state index in [1.54, 1.807) is 0 Å². The quantitative estimate of drug-likeness (QED) is 0.916. The van der Waals surface area contributed by atoms with Crippen LogP contribution in [-0.2, 0) is 11.3 Å². The monoisotopic (exact) mass is 257 g/mol. The number of aromatic nitrogens is 2. The van der Waals surface area contributed by atoms with E-state index in [0.717, 1.165) is 25.2 Å². The Balaban J connectivity index is 1.64. The van der Waals surface area contributed by atoms with Crippen LogP contribution in [0, 0.1) is 0 Å². The summed E-state index contributed by atoms with van der Waals surface area (Å²) in [5.41, 5.74) is 2.32. The van der Waals surface area contributed by atoms with Crippen LogP contribution < -0.4 is 5.32 Å². The second kappa shape index (κ2) is 4.62. The zero-order valence-corrected chi connectivity index (χ0v) is 11.0. The Labute approximate surface area is 112 Å². The second-order valence-corrected chi connectivity index (χ2v) is 5.52. The van der Waals surface area contributed by atoms with Crippen molar-refractivity contribution in [2.24, 2.45) is 0 Å². The first kappa shape index (κ1) is 11.4. The van der Waals surface area contributed by atoms with Crippen molar-refractivity contribution in [2.75, 3.05) is 13.2 Å². The number of rotatable bonds is 3. The van der Waals surface area contributed by atoms with Gasteiger partial charge in [-0.25, -0.2) is 0 Å². The summed E-state index contributed by atoms with van der Waals surface area (Å²) in [6, 6.07) is 9.06. The van der Waals surface area contributed by atoms with Crippen molar-refractivity contribution in [3.8, 4) is 0 Å². The number of fused-ring (bicyclic) bond motifs is 3. The highest BCUT2D eigenvalue weighted by atomic mass is 16.5. The van der Waals surface area contributed by atoms with E-state index in [2.05, 4.69) is 33.3 Å².